The first-order chi connectivity index (χ1) is 10.2. The lowest BCUT2D eigenvalue weighted by Crippen LogP contribution is -2.44. The summed E-state index contributed by atoms with van der Waals surface area (Å²) < 4.78 is 0. The van der Waals surface area contributed by atoms with E-state index in [1.54, 1.807) is 0 Å². The molecule has 1 atom stereocenters. The minimum Gasteiger partial charge on any atom is -0.342 e. The number of rotatable bonds is 4. The maximum absolute atomic E-state index is 12.4. The molecule has 0 spiro atoms. The molecule has 1 aromatic carbocycles. The van der Waals surface area contributed by atoms with E-state index in [9.17, 15) is 4.79 Å². The van der Waals surface area contributed by atoms with Crippen LogP contribution in [0, 0.1) is 18.8 Å². The smallest absolute Gasteiger partial charge is 0.225 e. The van der Waals surface area contributed by atoms with Crippen LogP contribution in [0.2, 0.25) is 0 Å². The topological polar surface area (TPSA) is 20.3 Å². The van der Waals surface area contributed by atoms with Gasteiger partial charge >= 0.3 is 0 Å². The molecule has 0 unspecified atom stereocenters. The highest BCUT2D eigenvalue weighted by Crippen LogP contribution is 2.30. The van der Waals surface area contributed by atoms with Gasteiger partial charge in [-0.15, -0.1) is 0 Å². The zero-order chi connectivity index (χ0) is 14.7. The van der Waals surface area contributed by atoms with Crippen LogP contribution >= 0.6 is 0 Å². The van der Waals surface area contributed by atoms with E-state index in [2.05, 4.69) is 36.1 Å². The standard InChI is InChI=1S/C19H27NO/c1-15-6-2-3-8-17(15)12-11-16-7-5-13-20(14-16)19(21)18-9-4-10-18/h2-3,6,8,16,18H,4-5,7,9-14H2,1H3/t16-/m1/s1. The highest BCUT2D eigenvalue weighted by atomic mass is 16.2. The molecule has 0 bridgehead atoms. The Bertz CT molecular complexity index is 492. The third kappa shape index (κ3) is 3.48. The lowest BCUT2D eigenvalue weighted by atomic mass is 9.83. The molecule has 2 aliphatic rings. The van der Waals surface area contributed by atoms with E-state index in [4.69, 9.17) is 0 Å². The zero-order valence-corrected chi connectivity index (χ0v) is 13.2. The molecule has 1 amide bonds. The van der Waals surface area contributed by atoms with Gasteiger partial charge in [0.2, 0.25) is 5.91 Å². The van der Waals surface area contributed by atoms with E-state index in [0.717, 1.165) is 32.4 Å². The summed E-state index contributed by atoms with van der Waals surface area (Å²) in [4.78, 5) is 14.5. The molecule has 0 N–H and O–H groups in total. The lowest BCUT2D eigenvalue weighted by molar-refractivity contribution is -0.140. The number of amides is 1. The second-order valence-corrected chi connectivity index (χ2v) is 6.89. The van der Waals surface area contributed by atoms with Crippen molar-refractivity contribution in [1.29, 1.82) is 0 Å². The van der Waals surface area contributed by atoms with E-state index in [-0.39, 0.29) is 0 Å². The van der Waals surface area contributed by atoms with Gasteiger partial charge in [-0.1, -0.05) is 30.7 Å². The predicted molar refractivity (Wildman–Crippen MR) is 86.1 cm³/mol. The van der Waals surface area contributed by atoms with Gasteiger partial charge in [0.25, 0.3) is 0 Å². The van der Waals surface area contributed by atoms with Crippen LogP contribution < -0.4 is 0 Å². The van der Waals surface area contributed by atoms with Gasteiger partial charge in [-0.3, -0.25) is 4.79 Å². The Morgan fingerprint density at radius 2 is 2.00 bits per heavy atom. The minimum absolute atomic E-state index is 0.361. The Hall–Kier alpha value is -1.31. The average molecular weight is 285 g/mol. The maximum Gasteiger partial charge on any atom is 0.225 e. The summed E-state index contributed by atoms with van der Waals surface area (Å²) in [6, 6.07) is 8.69. The van der Waals surface area contributed by atoms with Crippen LogP contribution in [0.1, 0.15) is 49.7 Å². The Morgan fingerprint density at radius 3 is 2.71 bits per heavy atom. The quantitative estimate of drug-likeness (QED) is 0.820. The van der Waals surface area contributed by atoms with Crippen molar-refractivity contribution < 1.29 is 4.79 Å². The SMILES string of the molecule is Cc1ccccc1CC[C@H]1CCCN(C(=O)C2CCC2)C1. The number of hydrogen-bond acceptors (Lipinski definition) is 1. The Balaban J connectivity index is 1.51. The number of carbonyl (C=O) groups is 1. The van der Waals surface area contributed by atoms with Crippen molar-refractivity contribution in [2.45, 2.75) is 51.9 Å². The summed E-state index contributed by atoms with van der Waals surface area (Å²) in [5.41, 5.74) is 2.87. The highest BCUT2D eigenvalue weighted by molar-refractivity contribution is 5.79. The third-order valence-corrected chi connectivity index (χ3v) is 5.37. The van der Waals surface area contributed by atoms with E-state index in [0.29, 0.717) is 17.7 Å². The number of hydrogen-bond donors (Lipinski definition) is 0. The molecule has 3 rings (SSSR count). The van der Waals surface area contributed by atoms with E-state index < -0.39 is 0 Å². The number of likely N-dealkylation sites (tertiary alicyclic amines) is 1. The summed E-state index contributed by atoms with van der Waals surface area (Å²) in [7, 11) is 0. The number of piperidine rings is 1. The van der Waals surface area contributed by atoms with Crippen LogP contribution in [-0.4, -0.2) is 23.9 Å². The third-order valence-electron chi connectivity index (χ3n) is 5.37. The van der Waals surface area contributed by atoms with Crippen molar-refractivity contribution >= 4 is 5.91 Å². The number of aryl methyl sites for hydroxylation is 2. The van der Waals surface area contributed by atoms with Crippen LogP contribution in [0.15, 0.2) is 24.3 Å². The monoisotopic (exact) mass is 285 g/mol. The second-order valence-electron chi connectivity index (χ2n) is 6.89. The van der Waals surface area contributed by atoms with Gasteiger partial charge in [-0.25, -0.2) is 0 Å². The van der Waals surface area contributed by atoms with Crippen LogP contribution in [0.3, 0.4) is 0 Å². The van der Waals surface area contributed by atoms with Crippen molar-refractivity contribution in [3.8, 4) is 0 Å². The summed E-state index contributed by atoms with van der Waals surface area (Å²) in [5, 5.41) is 0. The molecule has 2 nitrogen and oxygen atoms in total. The number of benzene rings is 1. The predicted octanol–water partition coefficient (Wildman–Crippen LogP) is 3.97. The first kappa shape index (κ1) is 14.6. The Kier molecular flexibility index (Phi) is 4.62. The fourth-order valence-electron chi connectivity index (χ4n) is 3.66. The largest absolute Gasteiger partial charge is 0.342 e. The molecule has 0 aromatic heterocycles. The first-order valence-electron chi connectivity index (χ1n) is 8.57. The average Bonchev–Trinajstić information content (AvgIpc) is 2.45. The lowest BCUT2D eigenvalue weighted by Gasteiger charge is -2.37. The normalized spacial score (nSPS) is 22.9. The molecular formula is C19H27NO. The second kappa shape index (κ2) is 6.64. The van der Waals surface area contributed by atoms with Gasteiger partial charge in [0.05, 0.1) is 0 Å². The fourth-order valence-corrected chi connectivity index (χ4v) is 3.66. The van der Waals surface area contributed by atoms with Crippen molar-refractivity contribution in [2.75, 3.05) is 13.1 Å². The van der Waals surface area contributed by atoms with Crippen molar-refractivity contribution in [3.63, 3.8) is 0 Å². The van der Waals surface area contributed by atoms with Crippen molar-refractivity contribution in [3.05, 3.63) is 35.4 Å². The van der Waals surface area contributed by atoms with Gasteiger partial charge in [0, 0.05) is 19.0 Å². The molecule has 1 aliphatic heterocycles. The summed E-state index contributed by atoms with van der Waals surface area (Å²) >= 11 is 0. The van der Waals surface area contributed by atoms with Gasteiger partial charge < -0.3 is 4.90 Å². The molecule has 114 valence electrons. The molecular weight excluding hydrogens is 258 g/mol. The molecule has 1 heterocycles. The molecule has 2 fully saturated rings. The van der Waals surface area contributed by atoms with Crippen LogP contribution in [-0.2, 0) is 11.2 Å². The molecule has 21 heavy (non-hydrogen) atoms. The molecule has 1 aliphatic carbocycles. The Morgan fingerprint density at radius 1 is 1.19 bits per heavy atom. The zero-order valence-electron chi connectivity index (χ0n) is 13.2. The Labute approximate surface area is 128 Å². The molecule has 1 aromatic rings. The summed E-state index contributed by atoms with van der Waals surface area (Å²) in [6.45, 7) is 4.19. The highest BCUT2D eigenvalue weighted by Gasteiger charge is 2.31. The van der Waals surface area contributed by atoms with E-state index in [1.807, 2.05) is 0 Å². The van der Waals surface area contributed by atoms with Crippen molar-refractivity contribution in [1.82, 2.24) is 4.90 Å². The fraction of sp³-hybridized carbons (Fsp3) is 0.632. The van der Waals surface area contributed by atoms with Crippen molar-refractivity contribution in [2.24, 2.45) is 11.8 Å². The van der Waals surface area contributed by atoms with Crippen LogP contribution in [0.25, 0.3) is 0 Å². The van der Waals surface area contributed by atoms with Gasteiger partial charge in [0.1, 0.15) is 0 Å². The van der Waals surface area contributed by atoms with Crippen LogP contribution in [0.5, 0.6) is 0 Å². The van der Waals surface area contributed by atoms with Crippen LogP contribution in [0.4, 0.5) is 0 Å². The summed E-state index contributed by atoms with van der Waals surface area (Å²) in [6.07, 6.45) is 8.37. The van der Waals surface area contributed by atoms with E-state index >= 15 is 0 Å². The molecule has 2 heteroatoms. The van der Waals surface area contributed by atoms with E-state index in [1.165, 1.54) is 36.8 Å². The molecule has 1 saturated carbocycles. The molecule has 1 saturated heterocycles. The number of carbonyl (C=O) groups excluding carboxylic acids is 1. The number of nitrogens with zero attached hydrogens (tertiary/aromatic N) is 1. The first-order valence-corrected chi connectivity index (χ1v) is 8.57. The maximum atomic E-state index is 12.4. The summed E-state index contributed by atoms with van der Waals surface area (Å²) in [5.74, 6) is 1.50. The van der Waals surface area contributed by atoms with Gasteiger partial charge in [0.15, 0.2) is 0 Å². The van der Waals surface area contributed by atoms with Gasteiger partial charge in [-0.05, 0) is 62.5 Å². The minimum atomic E-state index is 0.361. The molecule has 0 radical (unpaired) electrons. The van der Waals surface area contributed by atoms with Gasteiger partial charge in [-0.2, -0.15) is 0 Å².